The molecule has 92 valence electrons. The Morgan fingerprint density at radius 3 is 2.47 bits per heavy atom. The summed E-state index contributed by atoms with van der Waals surface area (Å²) < 4.78 is 0. The van der Waals surface area contributed by atoms with Crippen LogP contribution >= 0.6 is 0 Å². The number of carboxylic acids is 2. The van der Waals surface area contributed by atoms with Crippen molar-refractivity contribution in [1.29, 1.82) is 0 Å². The molecule has 0 saturated carbocycles. The molecule has 0 aromatic carbocycles. The maximum absolute atomic E-state index is 10.4. The van der Waals surface area contributed by atoms with E-state index in [0.717, 1.165) is 38.8 Å². The molecule has 0 saturated heterocycles. The minimum absolute atomic E-state index is 0. The summed E-state index contributed by atoms with van der Waals surface area (Å²) in [4.78, 5) is 25.5. The second-order valence-electron chi connectivity index (χ2n) is 3.35. The van der Waals surface area contributed by atoms with E-state index in [9.17, 15) is 4.79 Å². The van der Waals surface area contributed by atoms with E-state index in [1.54, 1.807) is 0 Å². The van der Waals surface area contributed by atoms with Crippen LogP contribution in [0.3, 0.4) is 0 Å². The van der Waals surface area contributed by atoms with Crippen LogP contribution < -0.4 is 34.7 Å². The first-order valence-electron chi connectivity index (χ1n) is 5.15. The summed E-state index contributed by atoms with van der Waals surface area (Å²) in [6.07, 6.45) is 1.11. The minimum atomic E-state index is -1.08. The Kier molecular flexibility index (Phi) is 11.7. The van der Waals surface area contributed by atoms with Crippen LogP contribution in [0.2, 0.25) is 0 Å². The predicted molar refractivity (Wildman–Crippen MR) is 57.1 cm³/mol. The van der Waals surface area contributed by atoms with E-state index >= 15 is 0 Å². The summed E-state index contributed by atoms with van der Waals surface area (Å²) in [6, 6.07) is 0. The summed E-state index contributed by atoms with van der Waals surface area (Å²) in [5.41, 5.74) is 0. The van der Waals surface area contributed by atoms with Crippen molar-refractivity contribution < 1.29 is 49.4 Å². The molecule has 1 N–H and O–H groups in total. The van der Waals surface area contributed by atoms with Gasteiger partial charge in [-0.2, -0.15) is 0 Å². The summed E-state index contributed by atoms with van der Waals surface area (Å²) in [6.45, 7) is 5.61. The van der Waals surface area contributed by atoms with Crippen molar-refractivity contribution >= 4 is 17.8 Å². The molecule has 0 spiro atoms. The van der Waals surface area contributed by atoms with Gasteiger partial charge in [-0.1, -0.05) is 6.92 Å². The van der Waals surface area contributed by atoms with E-state index in [0.29, 0.717) is 0 Å². The first kappa shape index (κ1) is 18.8. The normalized spacial score (nSPS) is 13.1. The van der Waals surface area contributed by atoms with Crippen LogP contribution in [0.25, 0.3) is 0 Å². The third kappa shape index (κ3) is 10.3. The molecule has 1 aliphatic rings. The van der Waals surface area contributed by atoms with Crippen molar-refractivity contribution in [2.24, 2.45) is 4.99 Å². The van der Waals surface area contributed by atoms with Crippen LogP contribution in [0.4, 0.5) is 0 Å². The fraction of sp³-hybridized carbons (Fsp3) is 0.700. The number of carbonyl (C=O) groups is 2. The molecule has 1 heterocycles. The third-order valence-corrected chi connectivity index (χ3v) is 1.83. The molecule has 0 fully saturated rings. The maximum atomic E-state index is 10.4. The minimum Gasteiger partial charge on any atom is -0.550 e. The van der Waals surface area contributed by atoms with Crippen molar-refractivity contribution in [2.75, 3.05) is 19.6 Å². The zero-order valence-electron chi connectivity index (χ0n) is 10.6. The first-order valence-corrected chi connectivity index (χ1v) is 5.15. The number of amidine groups is 1. The van der Waals surface area contributed by atoms with E-state index < -0.39 is 11.9 Å². The number of nitrogens with zero attached hydrogens (tertiary/aromatic N) is 2. The van der Waals surface area contributed by atoms with Gasteiger partial charge in [0.25, 0.3) is 0 Å². The summed E-state index contributed by atoms with van der Waals surface area (Å²) in [5.74, 6) is -1.14. The molecule has 0 atom stereocenters. The van der Waals surface area contributed by atoms with Crippen LogP contribution in [0.1, 0.15) is 26.7 Å². The Bertz CT molecular complexity index is 277. The summed E-state index contributed by atoms with van der Waals surface area (Å²) >= 11 is 0. The number of hydrogen-bond donors (Lipinski definition) is 1. The van der Waals surface area contributed by atoms with Gasteiger partial charge in [0.15, 0.2) is 0 Å². The number of carbonyl (C=O) groups excluding carboxylic acids is 1. The van der Waals surface area contributed by atoms with E-state index in [4.69, 9.17) is 15.0 Å². The van der Waals surface area contributed by atoms with Gasteiger partial charge in [-0.15, -0.1) is 0 Å². The third-order valence-electron chi connectivity index (χ3n) is 1.83. The van der Waals surface area contributed by atoms with Crippen molar-refractivity contribution in [2.45, 2.75) is 26.7 Å². The second kappa shape index (κ2) is 10.6. The molecular weight excluding hydrogens is 235 g/mol. The van der Waals surface area contributed by atoms with Gasteiger partial charge >= 0.3 is 35.5 Å². The van der Waals surface area contributed by atoms with Gasteiger partial charge in [-0.05, 0) is 13.3 Å². The van der Waals surface area contributed by atoms with E-state index in [1.807, 2.05) is 4.90 Å². The molecule has 0 aliphatic carbocycles. The van der Waals surface area contributed by atoms with Crippen LogP contribution in [0.15, 0.2) is 4.99 Å². The SMILES string of the molecule is CC(=O)[O-].CCCN1CCN=C1CC(=O)O.[Na+]. The van der Waals surface area contributed by atoms with Crippen molar-refractivity contribution in [1.82, 2.24) is 4.90 Å². The molecule has 0 radical (unpaired) electrons. The Balaban J connectivity index is 0. The monoisotopic (exact) mass is 252 g/mol. The van der Waals surface area contributed by atoms with Gasteiger partial charge in [0.05, 0.1) is 6.54 Å². The fourth-order valence-electron chi connectivity index (χ4n) is 1.34. The van der Waals surface area contributed by atoms with E-state index in [2.05, 4.69) is 11.9 Å². The standard InChI is InChI=1S/C8H14N2O2.C2H4O2.Na/c1-2-4-10-5-3-9-7(10)6-8(11)12;1-2(3)4;/h2-6H2,1H3,(H,11,12);1H3,(H,3,4);/q;;+1/p-1. The zero-order valence-corrected chi connectivity index (χ0v) is 12.6. The Labute approximate surface area is 123 Å². The molecule has 1 aliphatic heterocycles. The average molecular weight is 252 g/mol. The Morgan fingerprint density at radius 2 is 2.06 bits per heavy atom. The Morgan fingerprint density at radius 1 is 1.53 bits per heavy atom. The van der Waals surface area contributed by atoms with Crippen LogP contribution in [0, 0.1) is 0 Å². The van der Waals surface area contributed by atoms with Gasteiger partial charge in [0, 0.05) is 19.1 Å². The van der Waals surface area contributed by atoms with Gasteiger partial charge in [-0.3, -0.25) is 9.79 Å². The van der Waals surface area contributed by atoms with E-state index in [-0.39, 0.29) is 36.0 Å². The van der Waals surface area contributed by atoms with Gasteiger partial charge < -0.3 is 19.9 Å². The first-order chi connectivity index (χ1) is 7.47. The molecular formula is C10H17N2NaO4. The van der Waals surface area contributed by atoms with Crippen LogP contribution in [0.5, 0.6) is 0 Å². The fourth-order valence-corrected chi connectivity index (χ4v) is 1.34. The van der Waals surface area contributed by atoms with Crippen LogP contribution in [-0.2, 0) is 9.59 Å². The van der Waals surface area contributed by atoms with Gasteiger partial charge in [-0.25, -0.2) is 0 Å². The molecule has 17 heavy (non-hydrogen) atoms. The molecule has 7 heteroatoms. The second-order valence-corrected chi connectivity index (χ2v) is 3.35. The van der Waals surface area contributed by atoms with Gasteiger partial charge in [0.1, 0.15) is 12.3 Å². The molecule has 0 amide bonds. The van der Waals surface area contributed by atoms with Crippen molar-refractivity contribution in [3.05, 3.63) is 0 Å². The smallest absolute Gasteiger partial charge is 0.550 e. The number of hydrogen-bond acceptors (Lipinski definition) is 5. The maximum Gasteiger partial charge on any atom is 1.00 e. The van der Waals surface area contributed by atoms with Crippen molar-refractivity contribution in [3.8, 4) is 0 Å². The largest absolute Gasteiger partial charge is 1.00 e. The molecule has 0 bridgehead atoms. The topological polar surface area (TPSA) is 93.0 Å². The van der Waals surface area contributed by atoms with E-state index in [1.165, 1.54) is 0 Å². The predicted octanol–water partition coefficient (Wildman–Crippen LogP) is -3.65. The molecule has 1 rings (SSSR count). The average Bonchev–Trinajstić information content (AvgIpc) is 2.51. The zero-order chi connectivity index (χ0) is 12.6. The summed E-state index contributed by atoms with van der Waals surface area (Å²) in [7, 11) is 0. The van der Waals surface area contributed by atoms with Gasteiger partial charge in [0.2, 0.25) is 0 Å². The molecule has 6 nitrogen and oxygen atoms in total. The molecule has 0 aromatic rings. The van der Waals surface area contributed by atoms with Crippen molar-refractivity contribution in [3.63, 3.8) is 0 Å². The summed E-state index contributed by atoms with van der Waals surface area (Å²) in [5, 5.41) is 17.4. The number of carboxylic acid groups (broad SMARTS) is 2. The number of aliphatic imine (C=N–C) groups is 1. The number of rotatable bonds is 4. The molecule has 0 unspecified atom stereocenters. The Hall–Kier alpha value is -0.590. The quantitative estimate of drug-likeness (QED) is 0.521. The van der Waals surface area contributed by atoms with Crippen LogP contribution in [-0.4, -0.2) is 47.4 Å². The molecule has 0 aromatic heterocycles. The number of aliphatic carboxylic acids is 2.